The Kier molecular flexibility index (Phi) is 7.73. The fraction of sp³-hybridized carbons (Fsp3) is 0.391. The quantitative estimate of drug-likeness (QED) is 0.680. The van der Waals surface area contributed by atoms with Gasteiger partial charge in [0.05, 0.1) is 16.5 Å². The molecule has 2 aromatic rings. The molecule has 0 aliphatic heterocycles. The van der Waals surface area contributed by atoms with Gasteiger partial charge in [0, 0.05) is 12.1 Å². The lowest BCUT2D eigenvalue weighted by atomic mass is 10.1. The number of hydrogen-bond donors (Lipinski definition) is 1. The molecule has 4 nitrogen and oxygen atoms in total. The molecule has 0 fully saturated rings. The van der Waals surface area contributed by atoms with Gasteiger partial charge in [-0.3, -0.25) is 9.59 Å². The van der Waals surface area contributed by atoms with Gasteiger partial charge in [-0.1, -0.05) is 59.1 Å². The topological polar surface area (TPSA) is 49.4 Å². The van der Waals surface area contributed by atoms with Crippen molar-refractivity contribution in [1.29, 1.82) is 0 Å². The average Bonchev–Trinajstić information content (AvgIpc) is 2.62. The fourth-order valence-electron chi connectivity index (χ4n) is 2.87. The van der Waals surface area contributed by atoms with Crippen LogP contribution in [0.15, 0.2) is 42.5 Å². The number of hydrogen-bond acceptors (Lipinski definition) is 2. The Hall–Kier alpha value is -2.04. The van der Waals surface area contributed by atoms with Crippen molar-refractivity contribution in [3.63, 3.8) is 0 Å². The van der Waals surface area contributed by atoms with E-state index in [0.29, 0.717) is 10.0 Å². The Bertz CT molecular complexity index is 873. The van der Waals surface area contributed by atoms with Crippen LogP contribution in [0.4, 0.5) is 0 Å². The van der Waals surface area contributed by atoms with E-state index in [1.54, 1.807) is 24.0 Å². The minimum Gasteiger partial charge on any atom is -0.350 e. The molecule has 1 atom stereocenters. The van der Waals surface area contributed by atoms with Crippen molar-refractivity contribution >= 4 is 35.0 Å². The number of halogens is 2. The molecule has 0 saturated carbocycles. The SMILES string of the molecule is Cc1ccc(CC(=O)N(Cc2ccc(Cl)c(Cl)c2)[C@H](C)C(=O)NC(C)(C)C)cc1. The summed E-state index contributed by atoms with van der Waals surface area (Å²) in [5, 5.41) is 3.82. The average molecular weight is 435 g/mol. The Morgan fingerprint density at radius 3 is 2.14 bits per heavy atom. The largest absolute Gasteiger partial charge is 0.350 e. The van der Waals surface area contributed by atoms with E-state index in [2.05, 4.69) is 5.32 Å². The summed E-state index contributed by atoms with van der Waals surface area (Å²) in [4.78, 5) is 27.5. The van der Waals surface area contributed by atoms with Gasteiger partial charge >= 0.3 is 0 Å². The third-order valence-corrected chi connectivity index (χ3v) is 5.22. The molecule has 0 spiro atoms. The Balaban J connectivity index is 2.27. The molecule has 0 aromatic heterocycles. The van der Waals surface area contributed by atoms with Gasteiger partial charge in [0.1, 0.15) is 6.04 Å². The number of aryl methyl sites for hydroxylation is 1. The summed E-state index contributed by atoms with van der Waals surface area (Å²) < 4.78 is 0. The van der Waals surface area contributed by atoms with Crippen molar-refractivity contribution < 1.29 is 9.59 Å². The first-order chi connectivity index (χ1) is 13.5. The van der Waals surface area contributed by atoms with Crippen molar-refractivity contribution in [1.82, 2.24) is 10.2 Å². The lowest BCUT2D eigenvalue weighted by Gasteiger charge is -2.31. The van der Waals surface area contributed by atoms with Crippen LogP contribution in [0.2, 0.25) is 10.0 Å². The number of carbonyl (C=O) groups excluding carboxylic acids is 2. The van der Waals surface area contributed by atoms with Gasteiger partial charge in [-0.05, 0) is 57.9 Å². The lowest BCUT2D eigenvalue weighted by Crippen LogP contribution is -2.52. The molecule has 156 valence electrons. The van der Waals surface area contributed by atoms with Crippen molar-refractivity contribution in [3.05, 3.63) is 69.2 Å². The van der Waals surface area contributed by atoms with E-state index in [1.165, 1.54) is 0 Å². The molecule has 6 heteroatoms. The standard InChI is InChI=1S/C23H28Cl2N2O2/c1-15-6-8-17(9-7-15)13-21(28)27(16(2)22(29)26-23(3,4)5)14-18-10-11-19(24)20(25)12-18/h6-12,16H,13-14H2,1-5H3,(H,26,29)/t16-/m1/s1. The van der Waals surface area contributed by atoms with Gasteiger partial charge in [0.2, 0.25) is 11.8 Å². The normalized spacial score (nSPS) is 12.4. The Morgan fingerprint density at radius 2 is 1.59 bits per heavy atom. The summed E-state index contributed by atoms with van der Waals surface area (Å²) in [5.41, 5.74) is 2.46. The Labute approximate surface area is 183 Å². The van der Waals surface area contributed by atoms with E-state index in [4.69, 9.17) is 23.2 Å². The van der Waals surface area contributed by atoms with Crippen LogP contribution in [0, 0.1) is 6.92 Å². The van der Waals surface area contributed by atoms with Gasteiger partial charge in [-0.25, -0.2) is 0 Å². The second-order valence-electron chi connectivity index (χ2n) is 8.35. The maximum absolute atomic E-state index is 13.2. The zero-order valence-corrected chi connectivity index (χ0v) is 19.1. The Morgan fingerprint density at radius 1 is 1.00 bits per heavy atom. The minimum absolute atomic E-state index is 0.128. The molecule has 0 unspecified atom stereocenters. The molecule has 0 heterocycles. The number of rotatable bonds is 6. The first-order valence-electron chi connectivity index (χ1n) is 9.57. The van der Waals surface area contributed by atoms with E-state index >= 15 is 0 Å². The fourth-order valence-corrected chi connectivity index (χ4v) is 3.19. The van der Waals surface area contributed by atoms with E-state index < -0.39 is 6.04 Å². The van der Waals surface area contributed by atoms with E-state index in [1.807, 2.05) is 58.0 Å². The zero-order valence-electron chi connectivity index (χ0n) is 17.6. The van der Waals surface area contributed by atoms with Crippen LogP contribution in [0.5, 0.6) is 0 Å². The second kappa shape index (κ2) is 9.64. The molecule has 0 radical (unpaired) electrons. The number of nitrogens with zero attached hydrogens (tertiary/aromatic N) is 1. The third kappa shape index (κ3) is 7.06. The monoisotopic (exact) mass is 434 g/mol. The van der Waals surface area contributed by atoms with Crippen molar-refractivity contribution in [2.24, 2.45) is 0 Å². The summed E-state index contributed by atoms with van der Waals surface area (Å²) >= 11 is 12.1. The van der Waals surface area contributed by atoms with Crippen LogP contribution in [-0.4, -0.2) is 28.3 Å². The highest BCUT2D eigenvalue weighted by molar-refractivity contribution is 6.42. The van der Waals surface area contributed by atoms with Crippen LogP contribution in [-0.2, 0) is 22.6 Å². The maximum Gasteiger partial charge on any atom is 0.242 e. The van der Waals surface area contributed by atoms with Gasteiger partial charge < -0.3 is 10.2 Å². The van der Waals surface area contributed by atoms with Gasteiger partial charge in [0.25, 0.3) is 0 Å². The maximum atomic E-state index is 13.2. The lowest BCUT2D eigenvalue weighted by molar-refractivity contribution is -0.140. The molecule has 2 rings (SSSR count). The molecular formula is C23H28Cl2N2O2. The third-order valence-electron chi connectivity index (χ3n) is 4.48. The molecule has 0 aliphatic carbocycles. The summed E-state index contributed by atoms with van der Waals surface area (Å²) in [7, 11) is 0. The molecule has 1 N–H and O–H groups in total. The molecule has 29 heavy (non-hydrogen) atoms. The predicted octanol–water partition coefficient (Wildman–Crippen LogP) is 5.18. The highest BCUT2D eigenvalue weighted by Crippen LogP contribution is 2.24. The zero-order chi connectivity index (χ0) is 21.8. The summed E-state index contributed by atoms with van der Waals surface area (Å²) in [6.45, 7) is 9.74. The van der Waals surface area contributed by atoms with Crippen molar-refractivity contribution in [2.75, 3.05) is 0 Å². The number of benzene rings is 2. The van der Waals surface area contributed by atoms with Crippen LogP contribution < -0.4 is 5.32 Å². The van der Waals surface area contributed by atoms with Gasteiger partial charge in [0.15, 0.2) is 0 Å². The minimum atomic E-state index is -0.637. The summed E-state index contributed by atoms with van der Waals surface area (Å²) in [5.74, 6) is -0.327. The molecule has 2 aromatic carbocycles. The van der Waals surface area contributed by atoms with E-state index in [9.17, 15) is 9.59 Å². The van der Waals surface area contributed by atoms with Crippen LogP contribution >= 0.6 is 23.2 Å². The summed E-state index contributed by atoms with van der Waals surface area (Å²) in [6, 6.07) is 12.4. The van der Waals surface area contributed by atoms with Crippen LogP contribution in [0.3, 0.4) is 0 Å². The molecular weight excluding hydrogens is 407 g/mol. The number of carbonyl (C=O) groups is 2. The number of nitrogens with one attached hydrogen (secondary N) is 1. The first-order valence-corrected chi connectivity index (χ1v) is 10.3. The molecule has 0 bridgehead atoms. The van der Waals surface area contributed by atoms with Crippen LogP contribution in [0.25, 0.3) is 0 Å². The first kappa shape index (κ1) is 23.2. The molecule has 0 saturated heterocycles. The predicted molar refractivity (Wildman–Crippen MR) is 119 cm³/mol. The van der Waals surface area contributed by atoms with Crippen molar-refractivity contribution in [2.45, 2.75) is 59.2 Å². The van der Waals surface area contributed by atoms with E-state index in [-0.39, 0.29) is 30.3 Å². The molecule has 2 amide bonds. The second-order valence-corrected chi connectivity index (χ2v) is 9.16. The number of amides is 2. The van der Waals surface area contributed by atoms with Crippen LogP contribution in [0.1, 0.15) is 44.4 Å². The van der Waals surface area contributed by atoms with Crippen molar-refractivity contribution in [3.8, 4) is 0 Å². The summed E-state index contributed by atoms with van der Waals surface area (Å²) in [6.07, 6.45) is 0.217. The van der Waals surface area contributed by atoms with Gasteiger partial charge in [-0.15, -0.1) is 0 Å². The van der Waals surface area contributed by atoms with E-state index in [0.717, 1.165) is 16.7 Å². The smallest absolute Gasteiger partial charge is 0.242 e. The molecule has 0 aliphatic rings. The highest BCUT2D eigenvalue weighted by Gasteiger charge is 2.28. The van der Waals surface area contributed by atoms with Gasteiger partial charge in [-0.2, -0.15) is 0 Å². The highest BCUT2D eigenvalue weighted by atomic mass is 35.5.